The van der Waals surface area contributed by atoms with E-state index in [0.717, 1.165) is 38.8 Å². The normalized spacial score (nSPS) is 31.5. The van der Waals surface area contributed by atoms with E-state index in [1.54, 1.807) is 4.31 Å². The van der Waals surface area contributed by atoms with Crippen LogP contribution in [0.5, 0.6) is 0 Å². The van der Waals surface area contributed by atoms with Crippen LogP contribution in [-0.2, 0) is 10.0 Å². The van der Waals surface area contributed by atoms with Crippen LogP contribution in [0.25, 0.3) is 0 Å². The van der Waals surface area contributed by atoms with Gasteiger partial charge in [-0.15, -0.1) is 6.58 Å². The summed E-state index contributed by atoms with van der Waals surface area (Å²) < 4.78 is 25.8. The first kappa shape index (κ1) is 13.1. The molecule has 0 aromatic rings. The lowest BCUT2D eigenvalue weighted by Crippen LogP contribution is -2.52. The summed E-state index contributed by atoms with van der Waals surface area (Å²) in [4.78, 5) is 0. The van der Waals surface area contributed by atoms with Crippen LogP contribution in [0.3, 0.4) is 0 Å². The maximum atomic E-state index is 12.0. The van der Waals surface area contributed by atoms with Crippen molar-refractivity contribution in [2.24, 2.45) is 5.41 Å². The summed E-state index contributed by atoms with van der Waals surface area (Å²) in [5, 5.41) is 3.41. The molecule has 1 atom stereocenters. The summed E-state index contributed by atoms with van der Waals surface area (Å²) in [6.07, 6.45) is 5.93. The smallest absolute Gasteiger partial charge is 0.217 e. The molecule has 0 radical (unpaired) electrons. The van der Waals surface area contributed by atoms with Gasteiger partial charge in [0, 0.05) is 19.6 Å². The van der Waals surface area contributed by atoms with Gasteiger partial charge in [-0.1, -0.05) is 6.08 Å². The van der Waals surface area contributed by atoms with E-state index in [9.17, 15) is 8.42 Å². The largest absolute Gasteiger partial charge is 0.316 e. The zero-order chi connectivity index (χ0) is 12.4. The van der Waals surface area contributed by atoms with Crippen LogP contribution >= 0.6 is 0 Å². The summed E-state index contributed by atoms with van der Waals surface area (Å²) in [7, 11) is -3.12. The average molecular weight is 258 g/mol. The minimum absolute atomic E-state index is 0.0660. The minimum Gasteiger partial charge on any atom is -0.316 e. The zero-order valence-corrected chi connectivity index (χ0v) is 11.1. The van der Waals surface area contributed by atoms with Gasteiger partial charge in [0.15, 0.2) is 0 Å². The molecule has 1 unspecified atom stereocenters. The highest BCUT2D eigenvalue weighted by atomic mass is 32.2. The molecule has 2 aliphatic rings. The standard InChI is InChI=1S/C12H22N2O2S/c1-2-9-17(15,16)14-8-4-6-12(11-14)5-3-7-13-10-12/h2,13H,1,3-11H2. The van der Waals surface area contributed by atoms with Gasteiger partial charge in [-0.2, -0.15) is 0 Å². The Morgan fingerprint density at radius 3 is 2.76 bits per heavy atom. The molecule has 2 heterocycles. The van der Waals surface area contributed by atoms with Gasteiger partial charge in [-0.05, 0) is 37.6 Å². The van der Waals surface area contributed by atoms with Gasteiger partial charge < -0.3 is 5.32 Å². The molecule has 1 N–H and O–H groups in total. The van der Waals surface area contributed by atoms with Crippen molar-refractivity contribution in [1.82, 2.24) is 9.62 Å². The number of hydrogen-bond acceptors (Lipinski definition) is 3. The fourth-order valence-corrected chi connectivity index (χ4v) is 4.42. The van der Waals surface area contributed by atoms with Gasteiger partial charge >= 0.3 is 0 Å². The summed E-state index contributed by atoms with van der Waals surface area (Å²) in [5.41, 5.74) is 0.185. The van der Waals surface area contributed by atoms with Crippen LogP contribution in [-0.4, -0.2) is 44.7 Å². The molecule has 4 nitrogen and oxygen atoms in total. The highest BCUT2D eigenvalue weighted by molar-refractivity contribution is 7.89. The monoisotopic (exact) mass is 258 g/mol. The highest BCUT2D eigenvalue weighted by Crippen LogP contribution is 2.36. The third-order valence-corrected chi connectivity index (χ3v) is 5.66. The quantitative estimate of drug-likeness (QED) is 0.767. The third kappa shape index (κ3) is 2.89. The SMILES string of the molecule is C=CCS(=O)(=O)N1CCCC2(CCCNC2)C1. The second-order valence-electron chi connectivity index (χ2n) is 5.28. The molecule has 2 saturated heterocycles. The van der Waals surface area contributed by atoms with E-state index in [4.69, 9.17) is 0 Å². The Morgan fingerprint density at radius 1 is 1.35 bits per heavy atom. The molecular formula is C12H22N2O2S. The van der Waals surface area contributed by atoms with E-state index in [1.807, 2.05) is 0 Å². The molecule has 1 spiro atoms. The Balaban J connectivity index is 2.08. The summed E-state index contributed by atoms with van der Waals surface area (Å²) in [6, 6.07) is 0. The molecule has 0 aromatic carbocycles. The molecule has 2 aliphatic heterocycles. The van der Waals surface area contributed by atoms with Crippen molar-refractivity contribution >= 4 is 10.0 Å². The average Bonchev–Trinajstić information content (AvgIpc) is 2.30. The van der Waals surface area contributed by atoms with Crippen molar-refractivity contribution in [3.05, 3.63) is 12.7 Å². The summed E-state index contributed by atoms with van der Waals surface area (Å²) >= 11 is 0. The van der Waals surface area contributed by atoms with E-state index < -0.39 is 10.0 Å². The molecule has 2 fully saturated rings. The van der Waals surface area contributed by atoms with Gasteiger partial charge in [-0.3, -0.25) is 0 Å². The lowest BCUT2D eigenvalue weighted by Gasteiger charge is -2.44. The molecule has 0 aliphatic carbocycles. The molecule has 0 amide bonds. The van der Waals surface area contributed by atoms with Crippen LogP contribution in [0.1, 0.15) is 25.7 Å². The summed E-state index contributed by atoms with van der Waals surface area (Å²) in [5.74, 6) is 0.0660. The fourth-order valence-electron chi connectivity index (χ4n) is 3.03. The van der Waals surface area contributed by atoms with Crippen LogP contribution in [0.2, 0.25) is 0 Å². The lowest BCUT2D eigenvalue weighted by molar-refractivity contribution is 0.110. The molecule has 98 valence electrons. The maximum Gasteiger partial charge on any atom is 0.217 e. The van der Waals surface area contributed by atoms with Crippen molar-refractivity contribution in [3.8, 4) is 0 Å². The molecule has 0 aromatic heterocycles. The van der Waals surface area contributed by atoms with Crippen molar-refractivity contribution in [2.75, 3.05) is 31.9 Å². The Labute approximate surface area is 104 Å². The predicted molar refractivity (Wildman–Crippen MR) is 69.3 cm³/mol. The van der Waals surface area contributed by atoms with Gasteiger partial charge in [0.25, 0.3) is 0 Å². The number of nitrogens with one attached hydrogen (secondary N) is 1. The minimum atomic E-state index is -3.12. The number of rotatable bonds is 3. The van der Waals surface area contributed by atoms with Crippen LogP contribution in [0, 0.1) is 5.41 Å². The molecule has 17 heavy (non-hydrogen) atoms. The topological polar surface area (TPSA) is 49.4 Å². The van der Waals surface area contributed by atoms with E-state index in [-0.39, 0.29) is 11.2 Å². The molecule has 5 heteroatoms. The van der Waals surface area contributed by atoms with E-state index in [2.05, 4.69) is 11.9 Å². The predicted octanol–water partition coefficient (Wildman–Crippen LogP) is 0.968. The van der Waals surface area contributed by atoms with Crippen molar-refractivity contribution in [2.45, 2.75) is 25.7 Å². The number of sulfonamides is 1. The van der Waals surface area contributed by atoms with E-state index in [1.165, 1.54) is 6.08 Å². The van der Waals surface area contributed by atoms with E-state index >= 15 is 0 Å². The van der Waals surface area contributed by atoms with Gasteiger partial charge in [0.2, 0.25) is 10.0 Å². The van der Waals surface area contributed by atoms with Gasteiger partial charge in [0.05, 0.1) is 5.75 Å². The molecular weight excluding hydrogens is 236 g/mol. The zero-order valence-electron chi connectivity index (χ0n) is 10.3. The van der Waals surface area contributed by atoms with Gasteiger partial charge in [0.1, 0.15) is 0 Å². The van der Waals surface area contributed by atoms with Crippen LogP contribution in [0.15, 0.2) is 12.7 Å². The van der Waals surface area contributed by atoms with Crippen LogP contribution in [0.4, 0.5) is 0 Å². The van der Waals surface area contributed by atoms with Crippen molar-refractivity contribution in [1.29, 1.82) is 0 Å². The molecule has 0 bridgehead atoms. The number of piperidine rings is 2. The Bertz CT molecular complexity index is 366. The Hall–Kier alpha value is -0.390. The Morgan fingerprint density at radius 2 is 2.12 bits per heavy atom. The fraction of sp³-hybridized carbons (Fsp3) is 0.833. The first-order valence-electron chi connectivity index (χ1n) is 6.37. The molecule has 0 saturated carbocycles. The second-order valence-corrected chi connectivity index (χ2v) is 7.30. The van der Waals surface area contributed by atoms with Crippen molar-refractivity contribution in [3.63, 3.8) is 0 Å². The number of nitrogens with zero attached hydrogens (tertiary/aromatic N) is 1. The first-order chi connectivity index (χ1) is 8.08. The lowest BCUT2D eigenvalue weighted by atomic mass is 9.75. The van der Waals surface area contributed by atoms with E-state index in [0.29, 0.717) is 13.1 Å². The number of hydrogen-bond donors (Lipinski definition) is 1. The third-order valence-electron chi connectivity index (χ3n) is 3.91. The second kappa shape index (κ2) is 5.08. The Kier molecular flexibility index (Phi) is 3.90. The van der Waals surface area contributed by atoms with Crippen LogP contribution < -0.4 is 5.32 Å². The van der Waals surface area contributed by atoms with Crippen molar-refractivity contribution < 1.29 is 8.42 Å². The first-order valence-corrected chi connectivity index (χ1v) is 7.98. The maximum absolute atomic E-state index is 12.0. The molecule has 2 rings (SSSR count). The van der Waals surface area contributed by atoms with Gasteiger partial charge in [-0.25, -0.2) is 12.7 Å². The highest BCUT2D eigenvalue weighted by Gasteiger charge is 2.39. The summed E-state index contributed by atoms with van der Waals surface area (Å²) in [6.45, 7) is 6.93.